The Kier molecular flexibility index (Phi) is 5.20. The molecule has 0 atom stereocenters. The molecule has 0 spiro atoms. The van der Waals surface area contributed by atoms with Crippen LogP contribution in [0.5, 0.6) is 0 Å². The Labute approximate surface area is 152 Å². The third-order valence-electron chi connectivity index (χ3n) is 4.34. The van der Waals surface area contributed by atoms with Gasteiger partial charge in [0.1, 0.15) is 11.8 Å². The number of rotatable bonds is 3. The molecule has 1 saturated heterocycles. The molecule has 2 aromatic rings. The largest absolute Gasteiger partial charge is 0.370 e. The van der Waals surface area contributed by atoms with E-state index in [2.05, 4.69) is 15.2 Å². The average Bonchev–Trinajstić information content (AvgIpc) is 2.62. The Morgan fingerprint density at radius 1 is 1.24 bits per heavy atom. The number of aryl methyl sites for hydroxylation is 1. The first-order valence-electron chi connectivity index (χ1n) is 8.32. The lowest BCUT2D eigenvalue weighted by Gasteiger charge is -2.29. The molecule has 0 aliphatic carbocycles. The lowest BCUT2D eigenvalue weighted by Crippen LogP contribution is -2.29. The molecular weight excluding hydrogens is 336 g/mol. The van der Waals surface area contributed by atoms with Gasteiger partial charge in [-0.1, -0.05) is 11.6 Å². The third-order valence-corrected chi connectivity index (χ3v) is 4.64. The average molecular weight is 355 g/mol. The van der Waals surface area contributed by atoms with Gasteiger partial charge in [0.05, 0.1) is 22.0 Å². The summed E-state index contributed by atoms with van der Waals surface area (Å²) in [6, 6.07) is 10.7. The molecule has 128 valence electrons. The summed E-state index contributed by atoms with van der Waals surface area (Å²) < 4.78 is 0. The number of anilines is 2. The van der Waals surface area contributed by atoms with Crippen molar-refractivity contribution in [3.63, 3.8) is 0 Å². The normalized spacial score (nSPS) is 14.0. The van der Waals surface area contributed by atoms with Gasteiger partial charge in [0.25, 0.3) is 5.91 Å². The van der Waals surface area contributed by atoms with Crippen LogP contribution in [-0.4, -0.2) is 24.0 Å². The van der Waals surface area contributed by atoms with Gasteiger partial charge in [-0.2, -0.15) is 5.26 Å². The van der Waals surface area contributed by atoms with Crippen LogP contribution in [0.25, 0.3) is 0 Å². The van der Waals surface area contributed by atoms with Gasteiger partial charge in [0.2, 0.25) is 0 Å². The zero-order valence-electron chi connectivity index (χ0n) is 14.1. The predicted molar refractivity (Wildman–Crippen MR) is 99.2 cm³/mol. The molecule has 0 radical (unpaired) electrons. The zero-order valence-corrected chi connectivity index (χ0v) is 14.8. The molecule has 2 heterocycles. The molecule has 1 aromatic carbocycles. The number of hydrogen-bond donors (Lipinski definition) is 1. The lowest BCUT2D eigenvalue weighted by atomic mass is 10.1. The van der Waals surface area contributed by atoms with E-state index in [-0.39, 0.29) is 11.6 Å². The van der Waals surface area contributed by atoms with Crippen LogP contribution in [0.15, 0.2) is 30.3 Å². The third kappa shape index (κ3) is 3.92. The van der Waals surface area contributed by atoms with Crippen molar-refractivity contribution in [2.24, 2.45) is 0 Å². The highest BCUT2D eigenvalue weighted by Crippen LogP contribution is 2.31. The zero-order chi connectivity index (χ0) is 17.8. The number of nitrogens with zero attached hydrogens (tertiary/aromatic N) is 3. The number of benzene rings is 1. The van der Waals surface area contributed by atoms with Crippen LogP contribution in [0.4, 0.5) is 11.4 Å². The van der Waals surface area contributed by atoms with E-state index in [0.717, 1.165) is 18.8 Å². The quantitative estimate of drug-likeness (QED) is 0.898. The predicted octanol–water partition coefficient (Wildman–Crippen LogP) is 4.16. The molecule has 1 aromatic heterocycles. The summed E-state index contributed by atoms with van der Waals surface area (Å²) in [5, 5.41) is 12.4. The standard InChI is InChI=1S/C19H19ClN4O/c1-13-14(12-21)5-7-17(22-13)19(25)23-15-6-8-18(16(20)11-15)24-9-3-2-4-10-24/h5-8,11H,2-4,9-10H2,1H3,(H,23,25). The number of carbonyl (C=O) groups excluding carboxylic acids is 1. The van der Waals surface area contributed by atoms with Gasteiger partial charge in [-0.05, 0) is 56.5 Å². The first-order valence-corrected chi connectivity index (χ1v) is 8.70. The SMILES string of the molecule is Cc1nc(C(=O)Nc2ccc(N3CCCCC3)c(Cl)c2)ccc1C#N. The van der Waals surface area contributed by atoms with E-state index in [0.29, 0.717) is 22.0 Å². The number of piperidine rings is 1. The van der Waals surface area contributed by atoms with E-state index >= 15 is 0 Å². The number of hydrogen-bond acceptors (Lipinski definition) is 4. The molecule has 6 heteroatoms. The molecule has 1 amide bonds. The maximum absolute atomic E-state index is 12.4. The van der Waals surface area contributed by atoms with Gasteiger partial charge in [-0.3, -0.25) is 4.79 Å². The minimum atomic E-state index is -0.325. The van der Waals surface area contributed by atoms with E-state index in [4.69, 9.17) is 16.9 Å². The van der Waals surface area contributed by atoms with E-state index < -0.39 is 0 Å². The van der Waals surface area contributed by atoms with Crippen LogP contribution in [0.2, 0.25) is 5.02 Å². The molecule has 25 heavy (non-hydrogen) atoms. The van der Waals surface area contributed by atoms with E-state index in [9.17, 15) is 4.79 Å². The Bertz CT molecular complexity index is 838. The maximum atomic E-state index is 12.4. The summed E-state index contributed by atoms with van der Waals surface area (Å²) in [5.41, 5.74) is 2.90. The fourth-order valence-corrected chi connectivity index (χ4v) is 3.28. The van der Waals surface area contributed by atoms with Crippen molar-refractivity contribution in [2.75, 3.05) is 23.3 Å². The van der Waals surface area contributed by atoms with Crippen molar-refractivity contribution in [3.05, 3.63) is 52.3 Å². The highest BCUT2D eigenvalue weighted by molar-refractivity contribution is 6.33. The smallest absolute Gasteiger partial charge is 0.274 e. The number of nitrogens with one attached hydrogen (secondary N) is 1. The van der Waals surface area contributed by atoms with E-state index in [1.807, 2.05) is 18.2 Å². The second-order valence-corrected chi connectivity index (χ2v) is 6.52. The number of pyridine rings is 1. The molecule has 1 aliphatic rings. The topological polar surface area (TPSA) is 69.0 Å². The number of amides is 1. The van der Waals surface area contributed by atoms with Gasteiger partial charge in [0.15, 0.2) is 0 Å². The summed E-state index contributed by atoms with van der Waals surface area (Å²) in [5.74, 6) is -0.325. The van der Waals surface area contributed by atoms with Crippen LogP contribution in [-0.2, 0) is 0 Å². The number of carbonyl (C=O) groups is 1. The molecule has 3 rings (SSSR count). The van der Waals surface area contributed by atoms with Gasteiger partial charge in [0, 0.05) is 18.8 Å². The minimum absolute atomic E-state index is 0.271. The first-order chi connectivity index (χ1) is 12.1. The molecule has 1 aliphatic heterocycles. The molecule has 0 bridgehead atoms. The maximum Gasteiger partial charge on any atom is 0.274 e. The van der Waals surface area contributed by atoms with Crippen LogP contribution in [0.1, 0.15) is 41.0 Å². The molecule has 1 N–H and O–H groups in total. The van der Waals surface area contributed by atoms with Crippen molar-refractivity contribution in [1.82, 2.24) is 4.98 Å². The van der Waals surface area contributed by atoms with Gasteiger partial charge < -0.3 is 10.2 Å². The van der Waals surface area contributed by atoms with Crippen molar-refractivity contribution in [2.45, 2.75) is 26.2 Å². The van der Waals surface area contributed by atoms with Crippen LogP contribution >= 0.6 is 11.6 Å². The second-order valence-electron chi connectivity index (χ2n) is 6.11. The fraction of sp³-hybridized carbons (Fsp3) is 0.316. The van der Waals surface area contributed by atoms with Crippen molar-refractivity contribution in [3.8, 4) is 6.07 Å². The lowest BCUT2D eigenvalue weighted by molar-refractivity contribution is 0.102. The van der Waals surface area contributed by atoms with Gasteiger partial charge in [-0.15, -0.1) is 0 Å². The van der Waals surface area contributed by atoms with Crippen LogP contribution < -0.4 is 10.2 Å². The Morgan fingerprint density at radius 2 is 2.00 bits per heavy atom. The number of aromatic nitrogens is 1. The summed E-state index contributed by atoms with van der Waals surface area (Å²) in [7, 11) is 0. The summed E-state index contributed by atoms with van der Waals surface area (Å²) >= 11 is 6.41. The van der Waals surface area contributed by atoms with Crippen molar-refractivity contribution in [1.29, 1.82) is 5.26 Å². The molecule has 5 nitrogen and oxygen atoms in total. The van der Waals surface area contributed by atoms with Crippen LogP contribution in [0.3, 0.4) is 0 Å². The van der Waals surface area contributed by atoms with Crippen LogP contribution in [0, 0.1) is 18.3 Å². The van der Waals surface area contributed by atoms with Gasteiger partial charge >= 0.3 is 0 Å². The highest BCUT2D eigenvalue weighted by Gasteiger charge is 2.15. The molecule has 0 unspecified atom stereocenters. The molecular formula is C19H19ClN4O. The number of halogens is 1. The Balaban J connectivity index is 1.74. The molecule has 0 saturated carbocycles. The summed E-state index contributed by atoms with van der Waals surface area (Å²) in [6.07, 6.45) is 3.62. The van der Waals surface area contributed by atoms with E-state index in [1.165, 1.54) is 19.3 Å². The fourth-order valence-electron chi connectivity index (χ4n) is 2.98. The monoisotopic (exact) mass is 354 g/mol. The Morgan fingerprint density at radius 3 is 2.64 bits per heavy atom. The summed E-state index contributed by atoms with van der Waals surface area (Å²) in [6.45, 7) is 3.74. The molecule has 1 fully saturated rings. The van der Waals surface area contributed by atoms with E-state index in [1.54, 1.807) is 25.1 Å². The Hall–Kier alpha value is -2.58. The number of nitriles is 1. The van der Waals surface area contributed by atoms with Crippen molar-refractivity contribution < 1.29 is 4.79 Å². The minimum Gasteiger partial charge on any atom is -0.370 e. The van der Waals surface area contributed by atoms with Gasteiger partial charge in [-0.25, -0.2) is 4.98 Å². The highest BCUT2D eigenvalue weighted by atomic mass is 35.5. The second kappa shape index (κ2) is 7.54. The first kappa shape index (κ1) is 17.2. The van der Waals surface area contributed by atoms with Crippen molar-refractivity contribution >= 4 is 28.9 Å². The summed E-state index contributed by atoms with van der Waals surface area (Å²) in [4.78, 5) is 18.8.